The van der Waals surface area contributed by atoms with E-state index in [2.05, 4.69) is 47.3 Å². The Kier molecular flexibility index (Phi) is 4.74. The minimum atomic E-state index is 0.731. The molecule has 5 rings (SSSR count). The molecule has 0 aliphatic carbocycles. The molecule has 10 heteroatoms. The number of nitrogens with one attached hydrogen (secondary N) is 2. The minimum Gasteiger partial charge on any atom is -0.327 e. The molecule has 1 aliphatic rings. The minimum absolute atomic E-state index is 0.731. The van der Waals surface area contributed by atoms with Gasteiger partial charge in [-0.3, -0.25) is 14.4 Å². The van der Waals surface area contributed by atoms with E-state index in [0.717, 1.165) is 71.1 Å². The van der Waals surface area contributed by atoms with Crippen LogP contribution in [-0.2, 0) is 6.54 Å². The molecule has 5 heterocycles. The summed E-state index contributed by atoms with van der Waals surface area (Å²) in [6, 6.07) is 0. The summed E-state index contributed by atoms with van der Waals surface area (Å²) in [6.45, 7) is 7.27. The van der Waals surface area contributed by atoms with Gasteiger partial charge >= 0.3 is 0 Å². The fourth-order valence-electron chi connectivity index (χ4n) is 3.55. The average molecular weight is 410 g/mol. The lowest BCUT2D eigenvalue weighted by atomic mass is 10.3. The first-order valence-corrected chi connectivity index (χ1v) is 10.4. The zero-order valence-corrected chi connectivity index (χ0v) is 17.3. The van der Waals surface area contributed by atoms with Crippen LogP contribution in [0.3, 0.4) is 0 Å². The second kappa shape index (κ2) is 7.54. The first-order chi connectivity index (χ1) is 14.2. The number of hydrogen-bond donors (Lipinski definition) is 2. The fourth-order valence-corrected chi connectivity index (χ4v) is 4.41. The lowest BCUT2D eigenvalue weighted by molar-refractivity contribution is 0.148. The van der Waals surface area contributed by atoms with Crippen LogP contribution in [0.25, 0.3) is 16.9 Å². The quantitative estimate of drug-likeness (QED) is 0.523. The van der Waals surface area contributed by atoms with Crippen molar-refractivity contribution < 1.29 is 0 Å². The number of thiazole rings is 1. The van der Waals surface area contributed by atoms with Gasteiger partial charge in [0.15, 0.2) is 11.5 Å². The fraction of sp³-hybridized carbons (Fsp3) is 0.368. The van der Waals surface area contributed by atoms with E-state index in [-0.39, 0.29) is 0 Å². The van der Waals surface area contributed by atoms with Crippen molar-refractivity contribution in [2.75, 3.05) is 38.5 Å². The molecule has 4 aromatic heterocycles. The lowest BCUT2D eigenvalue weighted by Crippen LogP contribution is -2.43. The van der Waals surface area contributed by atoms with Crippen LogP contribution >= 0.6 is 11.3 Å². The van der Waals surface area contributed by atoms with E-state index >= 15 is 0 Å². The number of piperazine rings is 1. The van der Waals surface area contributed by atoms with E-state index in [1.54, 1.807) is 17.5 Å². The van der Waals surface area contributed by atoms with Crippen molar-refractivity contribution in [2.24, 2.45) is 0 Å². The number of rotatable bonds is 5. The largest absolute Gasteiger partial charge is 0.327 e. The first-order valence-electron chi connectivity index (χ1n) is 9.62. The normalized spacial score (nSPS) is 15.9. The van der Waals surface area contributed by atoms with Gasteiger partial charge in [0.25, 0.3) is 0 Å². The highest BCUT2D eigenvalue weighted by molar-refractivity contribution is 7.15. The van der Waals surface area contributed by atoms with Gasteiger partial charge in [-0.05, 0) is 14.0 Å². The van der Waals surface area contributed by atoms with Crippen molar-refractivity contribution in [3.63, 3.8) is 0 Å². The van der Waals surface area contributed by atoms with E-state index < -0.39 is 0 Å². The van der Waals surface area contributed by atoms with Crippen LogP contribution < -0.4 is 5.32 Å². The number of fused-ring (bicyclic) bond motifs is 1. The van der Waals surface area contributed by atoms with Crippen molar-refractivity contribution in [1.29, 1.82) is 0 Å². The van der Waals surface area contributed by atoms with Gasteiger partial charge in [-0.1, -0.05) is 11.3 Å². The SMILES string of the molecule is Cc1cn2c(-c3cn[nH]c3)cnc2c(Nc2cnc(CN3CCN(C)CC3)s2)n1. The van der Waals surface area contributed by atoms with Crippen molar-refractivity contribution in [3.05, 3.63) is 41.7 Å². The monoisotopic (exact) mass is 409 g/mol. The number of H-pyrrole nitrogens is 1. The van der Waals surface area contributed by atoms with E-state index in [9.17, 15) is 0 Å². The molecule has 1 fully saturated rings. The first kappa shape index (κ1) is 18.2. The second-order valence-corrected chi connectivity index (χ2v) is 8.49. The molecule has 0 spiro atoms. The number of aromatic nitrogens is 6. The molecule has 0 atom stereocenters. The van der Waals surface area contributed by atoms with Crippen LogP contribution in [0, 0.1) is 6.92 Å². The predicted octanol–water partition coefficient (Wildman–Crippen LogP) is 2.38. The molecule has 2 N–H and O–H groups in total. The highest BCUT2D eigenvalue weighted by Gasteiger charge is 2.17. The summed E-state index contributed by atoms with van der Waals surface area (Å²) in [5, 5.41) is 12.4. The van der Waals surface area contributed by atoms with E-state index in [1.165, 1.54) is 0 Å². The van der Waals surface area contributed by atoms with Crippen LogP contribution in [0.15, 0.2) is 31.0 Å². The lowest BCUT2D eigenvalue weighted by Gasteiger charge is -2.31. The molecule has 1 aliphatic heterocycles. The Bertz CT molecular complexity index is 1110. The molecule has 29 heavy (non-hydrogen) atoms. The van der Waals surface area contributed by atoms with E-state index in [4.69, 9.17) is 0 Å². The third kappa shape index (κ3) is 3.74. The summed E-state index contributed by atoms with van der Waals surface area (Å²) in [6.07, 6.45) is 9.37. The molecule has 0 aromatic carbocycles. The Labute approximate surface area is 172 Å². The van der Waals surface area contributed by atoms with Gasteiger partial charge in [-0.2, -0.15) is 5.10 Å². The zero-order valence-electron chi connectivity index (χ0n) is 16.5. The molecule has 0 unspecified atom stereocenters. The van der Waals surface area contributed by atoms with E-state index in [0.29, 0.717) is 0 Å². The molecule has 0 saturated carbocycles. The van der Waals surface area contributed by atoms with Crippen LogP contribution in [-0.4, -0.2) is 72.6 Å². The predicted molar refractivity (Wildman–Crippen MR) is 113 cm³/mol. The van der Waals surface area contributed by atoms with E-state index in [1.807, 2.05) is 36.1 Å². The summed E-state index contributed by atoms with van der Waals surface area (Å²) in [5.74, 6) is 0.731. The van der Waals surface area contributed by atoms with Crippen LogP contribution in [0.2, 0.25) is 0 Å². The molecule has 0 radical (unpaired) electrons. The molecular weight excluding hydrogens is 386 g/mol. The average Bonchev–Trinajstić information content (AvgIpc) is 3.44. The summed E-state index contributed by atoms with van der Waals surface area (Å²) in [7, 11) is 2.17. The Morgan fingerprint density at radius 3 is 2.79 bits per heavy atom. The van der Waals surface area contributed by atoms with Crippen molar-refractivity contribution in [2.45, 2.75) is 13.5 Å². The maximum absolute atomic E-state index is 4.67. The van der Waals surface area contributed by atoms with Gasteiger partial charge in [0.1, 0.15) is 10.0 Å². The zero-order chi connectivity index (χ0) is 19.8. The molecule has 4 aromatic rings. The van der Waals surface area contributed by atoms with Gasteiger partial charge in [0, 0.05) is 44.1 Å². The molecular formula is C19H23N9S. The van der Waals surface area contributed by atoms with Crippen molar-refractivity contribution >= 4 is 27.8 Å². The Morgan fingerprint density at radius 1 is 1.14 bits per heavy atom. The van der Waals surface area contributed by atoms with Crippen molar-refractivity contribution in [3.8, 4) is 11.3 Å². The van der Waals surface area contributed by atoms with Crippen LogP contribution in [0.5, 0.6) is 0 Å². The molecule has 150 valence electrons. The maximum Gasteiger partial charge on any atom is 0.180 e. The highest BCUT2D eigenvalue weighted by atomic mass is 32.1. The Balaban J connectivity index is 1.37. The number of likely N-dealkylation sites (N-methyl/N-ethyl adjacent to an activating group) is 1. The maximum atomic E-state index is 4.67. The highest BCUT2D eigenvalue weighted by Crippen LogP contribution is 2.28. The third-order valence-corrected chi connectivity index (χ3v) is 6.05. The number of aromatic amines is 1. The topological polar surface area (TPSA) is 90.3 Å². The summed E-state index contributed by atoms with van der Waals surface area (Å²) in [4.78, 5) is 18.7. The van der Waals surface area contributed by atoms with Crippen molar-refractivity contribution in [1.82, 2.24) is 39.3 Å². The standard InChI is InChI=1S/C19H23N9S/c1-13-11-28-15(14-7-22-23-8-14)9-21-19(28)18(24-13)25-16-10-20-17(29-16)12-27-5-3-26(2)4-6-27/h7-11H,3-6,12H2,1-2H3,(H,22,23)(H,24,25). The molecule has 0 bridgehead atoms. The van der Waals surface area contributed by atoms with Gasteiger partial charge in [0.05, 0.1) is 36.5 Å². The summed E-state index contributed by atoms with van der Waals surface area (Å²) >= 11 is 1.67. The number of hydrogen-bond acceptors (Lipinski definition) is 8. The summed E-state index contributed by atoms with van der Waals surface area (Å²) in [5.41, 5.74) is 3.65. The van der Waals surface area contributed by atoms with Gasteiger partial charge < -0.3 is 10.2 Å². The van der Waals surface area contributed by atoms with Crippen LogP contribution in [0.1, 0.15) is 10.7 Å². The second-order valence-electron chi connectivity index (χ2n) is 7.38. The Hall–Kier alpha value is -2.82. The summed E-state index contributed by atoms with van der Waals surface area (Å²) < 4.78 is 2.04. The molecule has 0 amide bonds. The number of aryl methyl sites for hydroxylation is 1. The molecule has 1 saturated heterocycles. The van der Waals surface area contributed by atoms with Crippen LogP contribution in [0.4, 0.5) is 10.8 Å². The number of imidazole rings is 1. The Morgan fingerprint density at radius 2 is 2.00 bits per heavy atom. The van der Waals surface area contributed by atoms with Gasteiger partial charge in [0.2, 0.25) is 0 Å². The number of nitrogens with zero attached hydrogens (tertiary/aromatic N) is 7. The van der Waals surface area contributed by atoms with Gasteiger partial charge in [-0.25, -0.2) is 15.0 Å². The third-order valence-electron chi connectivity index (χ3n) is 5.16. The smallest absolute Gasteiger partial charge is 0.180 e. The number of anilines is 2. The molecule has 9 nitrogen and oxygen atoms in total. The van der Waals surface area contributed by atoms with Gasteiger partial charge in [-0.15, -0.1) is 0 Å².